The summed E-state index contributed by atoms with van der Waals surface area (Å²) >= 11 is 0. The van der Waals surface area contributed by atoms with Crippen molar-refractivity contribution in [1.82, 2.24) is 9.78 Å². The largest absolute Gasteiger partial charge is 0.382 e. The summed E-state index contributed by atoms with van der Waals surface area (Å²) in [5.74, 6) is -0.408. The van der Waals surface area contributed by atoms with Crippen molar-refractivity contribution >= 4 is 0 Å². The summed E-state index contributed by atoms with van der Waals surface area (Å²) in [5, 5.41) is 14.2. The Hall–Kier alpha value is -1.68. The van der Waals surface area contributed by atoms with Crippen LogP contribution in [0.15, 0.2) is 30.3 Å². The lowest BCUT2D eigenvalue weighted by molar-refractivity contribution is 0.204. The summed E-state index contributed by atoms with van der Waals surface area (Å²) in [6.45, 7) is 1.83. The van der Waals surface area contributed by atoms with Gasteiger partial charge in [-0.25, -0.2) is 4.39 Å². The summed E-state index contributed by atoms with van der Waals surface area (Å²) in [4.78, 5) is 0. The van der Waals surface area contributed by atoms with Crippen LogP contribution in [0.25, 0.3) is 0 Å². The maximum Gasteiger partial charge on any atom is 0.129 e. The number of aliphatic hydroxyl groups excluding tert-OH is 1. The monoisotopic (exact) mass is 220 g/mol. The molecule has 0 amide bonds. The quantitative estimate of drug-likeness (QED) is 0.840. The number of nitrogens with zero attached hydrogens (tertiary/aromatic N) is 2. The summed E-state index contributed by atoms with van der Waals surface area (Å²) in [5.41, 5.74) is 1.65. The van der Waals surface area contributed by atoms with Crippen molar-refractivity contribution in [3.05, 3.63) is 53.1 Å². The number of aryl methyl sites for hydroxylation is 2. The molecule has 1 N–H and O–H groups in total. The van der Waals surface area contributed by atoms with E-state index in [4.69, 9.17) is 0 Å². The highest BCUT2D eigenvalue weighted by atomic mass is 19.1. The minimum absolute atomic E-state index is 0.269. The lowest BCUT2D eigenvalue weighted by Crippen LogP contribution is -2.08. The fourth-order valence-corrected chi connectivity index (χ4v) is 1.74. The zero-order valence-electron chi connectivity index (χ0n) is 9.18. The molecule has 3 nitrogen and oxygen atoms in total. The second-order valence-electron chi connectivity index (χ2n) is 3.76. The van der Waals surface area contributed by atoms with Gasteiger partial charge in [-0.15, -0.1) is 0 Å². The molecule has 2 rings (SSSR count). The smallest absolute Gasteiger partial charge is 0.129 e. The molecule has 0 aliphatic carbocycles. The maximum atomic E-state index is 13.5. The molecule has 0 aliphatic heterocycles. The van der Waals surface area contributed by atoms with Gasteiger partial charge in [-0.1, -0.05) is 18.2 Å². The van der Waals surface area contributed by atoms with Crippen LogP contribution in [0.1, 0.15) is 23.1 Å². The Morgan fingerprint density at radius 1 is 1.38 bits per heavy atom. The van der Waals surface area contributed by atoms with Gasteiger partial charge in [0.1, 0.15) is 11.9 Å². The Morgan fingerprint density at radius 3 is 2.62 bits per heavy atom. The first-order chi connectivity index (χ1) is 7.59. The summed E-state index contributed by atoms with van der Waals surface area (Å²) in [6, 6.07) is 7.95. The predicted octanol–water partition coefficient (Wildman–Crippen LogP) is 1.95. The molecular weight excluding hydrogens is 207 g/mol. The third-order valence-corrected chi connectivity index (χ3v) is 2.52. The van der Waals surface area contributed by atoms with Gasteiger partial charge < -0.3 is 5.11 Å². The molecule has 4 heteroatoms. The Labute approximate surface area is 93.2 Å². The van der Waals surface area contributed by atoms with Crippen LogP contribution in [0.5, 0.6) is 0 Å². The molecule has 1 atom stereocenters. The average Bonchev–Trinajstić information content (AvgIpc) is 2.58. The molecule has 1 unspecified atom stereocenters. The van der Waals surface area contributed by atoms with E-state index < -0.39 is 11.9 Å². The van der Waals surface area contributed by atoms with Crippen molar-refractivity contribution in [1.29, 1.82) is 0 Å². The second kappa shape index (κ2) is 4.06. The van der Waals surface area contributed by atoms with Crippen LogP contribution in [0.2, 0.25) is 0 Å². The maximum absolute atomic E-state index is 13.5. The van der Waals surface area contributed by atoms with Gasteiger partial charge in [-0.05, 0) is 19.1 Å². The van der Waals surface area contributed by atoms with Crippen LogP contribution in [0.3, 0.4) is 0 Å². The van der Waals surface area contributed by atoms with E-state index in [1.54, 1.807) is 36.0 Å². The van der Waals surface area contributed by atoms with Crippen molar-refractivity contribution in [3.63, 3.8) is 0 Å². The molecule has 0 saturated heterocycles. The third-order valence-electron chi connectivity index (χ3n) is 2.52. The fraction of sp³-hybridized carbons (Fsp3) is 0.250. The van der Waals surface area contributed by atoms with Crippen molar-refractivity contribution in [2.75, 3.05) is 0 Å². The van der Waals surface area contributed by atoms with Gasteiger partial charge in [0.05, 0.1) is 11.4 Å². The Balaban J connectivity index is 2.43. The van der Waals surface area contributed by atoms with E-state index in [-0.39, 0.29) is 5.56 Å². The number of halogens is 1. The minimum Gasteiger partial charge on any atom is -0.382 e. The lowest BCUT2D eigenvalue weighted by atomic mass is 10.1. The molecule has 84 valence electrons. The van der Waals surface area contributed by atoms with E-state index >= 15 is 0 Å². The molecule has 1 aromatic heterocycles. The first-order valence-corrected chi connectivity index (χ1v) is 5.02. The van der Waals surface area contributed by atoms with E-state index in [0.717, 1.165) is 5.69 Å². The summed E-state index contributed by atoms with van der Waals surface area (Å²) in [7, 11) is 1.73. The van der Waals surface area contributed by atoms with Crippen LogP contribution in [-0.4, -0.2) is 14.9 Å². The zero-order valence-corrected chi connectivity index (χ0v) is 9.18. The SMILES string of the molecule is Cc1cc(C(O)c2ccccc2F)n(C)n1. The normalized spacial score (nSPS) is 12.8. The van der Waals surface area contributed by atoms with Crippen molar-refractivity contribution in [3.8, 4) is 0 Å². The fourth-order valence-electron chi connectivity index (χ4n) is 1.74. The molecular formula is C12H13FN2O. The first-order valence-electron chi connectivity index (χ1n) is 5.02. The number of hydrogen-bond acceptors (Lipinski definition) is 2. The lowest BCUT2D eigenvalue weighted by Gasteiger charge is -2.11. The van der Waals surface area contributed by atoms with Gasteiger partial charge in [-0.3, -0.25) is 4.68 Å². The highest BCUT2D eigenvalue weighted by Gasteiger charge is 2.18. The Morgan fingerprint density at radius 2 is 2.06 bits per heavy atom. The molecule has 2 aromatic rings. The van der Waals surface area contributed by atoms with E-state index in [9.17, 15) is 9.50 Å². The minimum atomic E-state index is -0.979. The highest BCUT2D eigenvalue weighted by molar-refractivity contribution is 5.27. The van der Waals surface area contributed by atoms with Crippen molar-refractivity contribution < 1.29 is 9.50 Å². The van der Waals surface area contributed by atoms with Gasteiger partial charge in [0, 0.05) is 12.6 Å². The molecule has 0 aliphatic rings. The second-order valence-corrected chi connectivity index (χ2v) is 3.76. The zero-order chi connectivity index (χ0) is 11.7. The van der Waals surface area contributed by atoms with E-state index in [2.05, 4.69) is 5.10 Å². The molecule has 1 aromatic carbocycles. The molecule has 16 heavy (non-hydrogen) atoms. The van der Waals surface area contributed by atoms with Crippen LogP contribution < -0.4 is 0 Å². The highest BCUT2D eigenvalue weighted by Crippen LogP contribution is 2.24. The number of aromatic nitrogens is 2. The van der Waals surface area contributed by atoms with Crippen LogP contribution in [0.4, 0.5) is 4.39 Å². The predicted molar refractivity (Wildman–Crippen MR) is 58.4 cm³/mol. The van der Waals surface area contributed by atoms with Gasteiger partial charge in [0.2, 0.25) is 0 Å². The molecule has 0 saturated carbocycles. The number of benzene rings is 1. The third kappa shape index (κ3) is 1.84. The van der Waals surface area contributed by atoms with Gasteiger partial charge in [0.25, 0.3) is 0 Å². The van der Waals surface area contributed by atoms with Crippen molar-refractivity contribution in [2.24, 2.45) is 7.05 Å². The summed E-state index contributed by atoms with van der Waals surface area (Å²) < 4.78 is 15.0. The molecule has 0 spiro atoms. The average molecular weight is 220 g/mol. The van der Waals surface area contributed by atoms with E-state index in [1.807, 2.05) is 6.92 Å². The van der Waals surface area contributed by atoms with E-state index in [1.165, 1.54) is 6.07 Å². The number of aliphatic hydroxyl groups is 1. The van der Waals surface area contributed by atoms with Crippen LogP contribution in [0, 0.1) is 12.7 Å². The number of rotatable bonds is 2. The molecule has 0 bridgehead atoms. The molecule has 0 fully saturated rings. The van der Waals surface area contributed by atoms with Crippen LogP contribution in [-0.2, 0) is 7.05 Å². The van der Waals surface area contributed by atoms with Gasteiger partial charge in [0.15, 0.2) is 0 Å². The summed E-state index contributed by atoms with van der Waals surface area (Å²) in [6.07, 6.45) is -0.979. The van der Waals surface area contributed by atoms with Crippen LogP contribution >= 0.6 is 0 Å². The van der Waals surface area contributed by atoms with E-state index in [0.29, 0.717) is 5.69 Å². The molecule has 0 radical (unpaired) electrons. The van der Waals surface area contributed by atoms with Crippen molar-refractivity contribution in [2.45, 2.75) is 13.0 Å². The standard InChI is InChI=1S/C12H13FN2O/c1-8-7-11(15(2)14-8)12(16)9-5-3-4-6-10(9)13/h3-7,12,16H,1-2H3. The molecule has 1 heterocycles. The first kappa shape index (κ1) is 10.8. The Bertz CT molecular complexity index is 507. The Kier molecular flexibility index (Phi) is 2.75. The van der Waals surface area contributed by atoms with Gasteiger partial charge in [-0.2, -0.15) is 5.10 Å². The number of hydrogen-bond donors (Lipinski definition) is 1. The topological polar surface area (TPSA) is 38.0 Å². The van der Waals surface area contributed by atoms with Gasteiger partial charge >= 0.3 is 0 Å².